The maximum atomic E-state index is 11.9. The molecular weight excluding hydrogens is 276 g/mol. The minimum absolute atomic E-state index is 0.0305. The van der Waals surface area contributed by atoms with E-state index in [1.54, 1.807) is 0 Å². The van der Waals surface area contributed by atoms with Gasteiger partial charge in [-0.25, -0.2) is 9.78 Å². The molecule has 0 aliphatic heterocycles. The first kappa shape index (κ1) is 14.3. The van der Waals surface area contributed by atoms with Gasteiger partial charge >= 0.3 is 5.97 Å². The van der Waals surface area contributed by atoms with E-state index in [-0.39, 0.29) is 29.3 Å². The van der Waals surface area contributed by atoms with Crippen molar-refractivity contribution < 1.29 is 24.9 Å². The second-order valence-electron chi connectivity index (χ2n) is 4.24. The van der Waals surface area contributed by atoms with Gasteiger partial charge in [-0.1, -0.05) is 6.07 Å². The van der Waals surface area contributed by atoms with Gasteiger partial charge in [0.2, 0.25) is 0 Å². The summed E-state index contributed by atoms with van der Waals surface area (Å²) in [6.45, 7) is 0.131. The highest BCUT2D eigenvalue weighted by atomic mass is 16.4. The van der Waals surface area contributed by atoms with Gasteiger partial charge in [0.25, 0.3) is 5.91 Å². The number of pyridine rings is 1. The Morgan fingerprint density at radius 3 is 2.48 bits per heavy atom. The average molecular weight is 288 g/mol. The summed E-state index contributed by atoms with van der Waals surface area (Å²) in [5.41, 5.74) is 0.566. The van der Waals surface area contributed by atoms with Crippen molar-refractivity contribution in [1.29, 1.82) is 0 Å². The lowest BCUT2D eigenvalue weighted by Crippen LogP contribution is -2.23. The number of nitrogens with zero attached hydrogens (tertiary/aromatic N) is 1. The van der Waals surface area contributed by atoms with Crippen LogP contribution in [0.25, 0.3) is 0 Å². The average Bonchev–Trinajstić information content (AvgIpc) is 2.45. The van der Waals surface area contributed by atoms with Crippen molar-refractivity contribution in [2.24, 2.45) is 0 Å². The standard InChI is InChI=1S/C14H12N2O5/c17-9-2-3-10(12(18)5-9)13(19)16-7-8-1-4-11(14(20)21)15-6-8/h1-6,17-18H,7H2,(H,16,19)(H,20,21). The van der Waals surface area contributed by atoms with E-state index in [1.165, 1.54) is 30.5 Å². The molecule has 4 N–H and O–H groups in total. The predicted octanol–water partition coefficient (Wildman–Crippen LogP) is 1.12. The number of aromatic carboxylic acids is 1. The summed E-state index contributed by atoms with van der Waals surface area (Å²) in [6.07, 6.45) is 1.35. The number of carbonyl (C=O) groups is 2. The molecule has 0 unspecified atom stereocenters. The zero-order chi connectivity index (χ0) is 15.4. The van der Waals surface area contributed by atoms with Crippen molar-refractivity contribution in [3.05, 3.63) is 53.3 Å². The molecule has 0 radical (unpaired) electrons. The van der Waals surface area contributed by atoms with Crippen LogP contribution in [0, 0.1) is 0 Å². The number of phenolic OH excluding ortho intramolecular Hbond substituents is 2. The molecule has 1 aromatic carbocycles. The van der Waals surface area contributed by atoms with Crippen LogP contribution in [0.4, 0.5) is 0 Å². The highest BCUT2D eigenvalue weighted by molar-refractivity contribution is 5.96. The Labute approximate surface area is 119 Å². The van der Waals surface area contributed by atoms with Crippen LogP contribution in [-0.4, -0.2) is 32.2 Å². The highest BCUT2D eigenvalue weighted by Crippen LogP contribution is 2.22. The van der Waals surface area contributed by atoms with Gasteiger partial charge in [-0.15, -0.1) is 0 Å². The molecular formula is C14H12N2O5. The summed E-state index contributed by atoms with van der Waals surface area (Å²) in [5, 5.41) is 30.0. The lowest BCUT2D eigenvalue weighted by molar-refractivity contribution is 0.0690. The number of benzene rings is 1. The molecule has 0 bridgehead atoms. The first-order chi connectivity index (χ1) is 9.97. The van der Waals surface area contributed by atoms with E-state index >= 15 is 0 Å². The third kappa shape index (κ3) is 3.47. The van der Waals surface area contributed by atoms with E-state index < -0.39 is 11.9 Å². The quantitative estimate of drug-likeness (QED) is 0.669. The number of hydrogen-bond acceptors (Lipinski definition) is 5. The summed E-state index contributed by atoms with van der Waals surface area (Å²) in [4.78, 5) is 26.2. The number of carboxylic acid groups (broad SMARTS) is 1. The number of carboxylic acids is 1. The first-order valence-corrected chi connectivity index (χ1v) is 5.96. The Bertz CT molecular complexity index is 682. The Balaban J connectivity index is 2.02. The van der Waals surface area contributed by atoms with Crippen LogP contribution in [-0.2, 0) is 6.54 Å². The van der Waals surface area contributed by atoms with E-state index in [2.05, 4.69) is 10.3 Å². The highest BCUT2D eigenvalue weighted by Gasteiger charge is 2.11. The summed E-state index contributed by atoms with van der Waals surface area (Å²) in [6, 6.07) is 6.52. The van der Waals surface area contributed by atoms with E-state index in [4.69, 9.17) is 10.2 Å². The molecule has 7 heteroatoms. The van der Waals surface area contributed by atoms with Gasteiger partial charge < -0.3 is 20.6 Å². The van der Waals surface area contributed by atoms with Gasteiger partial charge in [-0.3, -0.25) is 4.79 Å². The predicted molar refractivity (Wildman–Crippen MR) is 72.1 cm³/mol. The largest absolute Gasteiger partial charge is 0.508 e. The first-order valence-electron chi connectivity index (χ1n) is 5.96. The fraction of sp³-hybridized carbons (Fsp3) is 0.0714. The number of aromatic hydroxyl groups is 2. The second kappa shape index (κ2) is 5.91. The van der Waals surface area contributed by atoms with E-state index in [0.717, 1.165) is 6.07 Å². The molecule has 0 spiro atoms. The van der Waals surface area contributed by atoms with Crippen LogP contribution in [0.1, 0.15) is 26.4 Å². The number of hydrogen-bond donors (Lipinski definition) is 4. The number of nitrogens with one attached hydrogen (secondary N) is 1. The SMILES string of the molecule is O=C(O)c1ccc(CNC(=O)c2ccc(O)cc2O)cn1. The molecule has 0 fully saturated rings. The van der Waals surface area contributed by atoms with Crippen LogP contribution in [0.3, 0.4) is 0 Å². The fourth-order valence-corrected chi connectivity index (χ4v) is 1.65. The van der Waals surface area contributed by atoms with Gasteiger partial charge in [-0.05, 0) is 23.8 Å². The molecule has 1 aromatic heterocycles. The van der Waals surface area contributed by atoms with Gasteiger partial charge in [0.05, 0.1) is 5.56 Å². The molecule has 0 aliphatic rings. The molecule has 2 rings (SSSR count). The van der Waals surface area contributed by atoms with Crippen LogP contribution in [0.5, 0.6) is 11.5 Å². The van der Waals surface area contributed by atoms with Crippen molar-refractivity contribution in [1.82, 2.24) is 10.3 Å². The van der Waals surface area contributed by atoms with Crippen molar-refractivity contribution >= 4 is 11.9 Å². The number of amides is 1. The second-order valence-corrected chi connectivity index (χ2v) is 4.24. The number of rotatable bonds is 4. The van der Waals surface area contributed by atoms with Crippen LogP contribution in [0.2, 0.25) is 0 Å². The van der Waals surface area contributed by atoms with Gasteiger partial charge in [0.15, 0.2) is 0 Å². The van der Waals surface area contributed by atoms with Gasteiger partial charge in [-0.2, -0.15) is 0 Å². The normalized spacial score (nSPS) is 10.1. The Morgan fingerprint density at radius 2 is 1.90 bits per heavy atom. The van der Waals surface area contributed by atoms with Gasteiger partial charge in [0, 0.05) is 18.8 Å². The number of carbonyl (C=O) groups excluding carboxylic acids is 1. The van der Waals surface area contributed by atoms with Crippen LogP contribution < -0.4 is 5.32 Å². The fourth-order valence-electron chi connectivity index (χ4n) is 1.65. The molecule has 0 saturated carbocycles. The zero-order valence-electron chi connectivity index (χ0n) is 10.8. The third-order valence-corrected chi connectivity index (χ3v) is 2.72. The molecule has 21 heavy (non-hydrogen) atoms. The maximum absolute atomic E-state index is 11.9. The molecule has 0 saturated heterocycles. The Hall–Kier alpha value is -3.09. The van der Waals surface area contributed by atoms with Gasteiger partial charge in [0.1, 0.15) is 17.2 Å². The van der Waals surface area contributed by atoms with E-state index in [0.29, 0.717) is 5.56 Å². The molecule has 1 heterocycles. The van der Waals surface area contributed by atoms with Crippen molar-refractivity contribution in [2.45, 2.75) is 6.54 Å². The molecule has 0 aliphatic carbocycles. The Kier molecular flexibility index (Phi) is 4.03. The zero-order valence-corrected chi connectivity index (χ0v) is 10.8. The van der Waals surface area contributed by atoms with E-state index in [1.807, 2.05) is 0 Å². The monoisotopic (exact) mass is 288 g/mol. The minimum atomic E-state index is -1.13. The smallest absolute Gasteiger partial charge is 0.354 e. The summed E-state index contributed by atoms with van der Waals surface area (Å²) in [7, 11) is 0. The lowest BCUT2D eigenvalue weighted by Gasteiger charge is -2.07. The summed E-state index contributed by atoms with van der Waals surface area (Å²) >= 11 is 0. The minimum Gasteiger partial charge on any atom is -0.508 e. The number of phenols is 2. The third-order valence-electron chi connectivity index (χ3n) is 2.72. The molecule has 7 nitrogen and oxygen atoms in total. The molecule has 1 amide bonds. The molecule has 0 atom stereocenters. The van der Waals surface area contributed by atoms with Crippen LogP contribution in [0.15, 0.2) is 36.5 Å². The van der Waals surface area contributed by atoms with Crippen molar-refractivity contribution in [3.8, 4) is 11.5 Å². The topological polar surface area (TPSA) is 120 Å². The van der Waals surface area contributed by atoms with E-state index in [9.17, 15) is 14.7 Å². The van der Waals surface area contributed by atoms with Crippen molar-refractivity contribution in [3.63, 3.8) is 0 Å². The molecule has 108 valence electrons. The van der Waals surface area contributed by atoms with Crippen molar-refractivity contribution in [2.75, 3.05) is 0 Å². The summed E-state index contributed by atoms with van der Waals surface area (Å²) < 4.78 is 0. The Morgan fingerprint density at radius 1 is 1.14 bits per heavy atom. The molecule has 2 aromatic rings. The lowest BCUT2D eigenvalue weighted by atomic mass is 10.1. The van der Waals surface area contributed by atoms with Crippen LogP contribution >= 0.6 is 0 Å². The number of aromatic nitrogens is 1. The summed E-state index contributed by atoms with van der Waals surface area (Å²) in [5.74, 6) is -2.11. The maximum Gasteiger partial charge on any atom is 0.354 e.